The summed E-state index contributed by atoms with van der Waals surface area (Å²) in [5.74, 6) is 0. The molecule has 6 fully saturated rings. The summed E-state index contributed by atoms with van der Waals surface area (Å²) in [7, 11) is -80.6. The molecule has 0 spiro atoms. The lowest BCUT2D eigenvalue weighted by Gasteiger charge is -2.60. The first-order chi connectivity index (χ1) is 39.6. The molecule has 6 saturated heterocycles. The van der Waals surface area contributed by atoms with Gasteiger partial charge in [0, 0.05) is 0 Å². The fourth-order valence-electron chi connectivity index (χ4n) is 7.57. The van der Waals surface area contributed by atoms with Gasteiger partial charge in [-0.2, -0.15) is 0 Å². The van der Waals surface area contributed by atoms with Crippen LogP contribution in [0.5, 0.6) is 0 Å². The zero-order valence-electron chi connectivity index (χ0n) is 47.0. The number of rotatable bonds is 40. The first-order valence-corrected chi connectivity index (χ1v) is 55.1. The summed E-state index contributed by atoms with van der Waals surface area (Å²) < 4.78 is 149. The Bertz CT molecular complexity index is 2070. The minimum absolute atomic E-state index is 1.41. The van der Waals surface area contributed by atoms with E-state index in [0.29, 0.717) is 0 Å². The van der Waals surface area contributed by atoms with Crippen molar-refractivity contribution in [2.45, 2.75) is 0 Å². The van der Waals surface area contributed by atoms with Crippen molar-refractivity contribution in [1.29, 1.82) is 0 Å². The van der Waals surface area contributed by atoms with E-state index in [1.54, 1.807) is 0 Å². The average Bonchev–Trinajstić information content (AvgIpc) is 1.87. The van der Waals surface area contributed by atoms with Crippen molar-refractivity contribution >= 4 is 139 Å². The molecule has 0 aromatic carbocycles. The largest absolute Gasteiger partial charge is 0.652 e. The third-order valence-corrected chi connectivity index (χ3v) is 71.7. The summed E-state index contributed by atoms with van der Waals surface area (Å²) in [5.41, 5.74) is 33.9. The second kappa shape index (κ2) is 26.3. The van der Waals surface area contributed by atoms with Crippen LogP contribution >= 0.6 is 0 Å². The highest BCUT2D eigenvalue weighted by molar-refractivity contribution is 7.09. The van der Waals surface area contributed by atoms with Crippen LogP contribution in [-0.2, 0) is 82.3 Å². The van der Waals surface area contributed by atoms with Crippen LogP contribution in [0.15, 0.2) is 295 Å². The lowest BCUT2D eigenvalue weighted by molar-refractivity contribution is -0.128. The molecule has 0 aromatic heterocycles. The lowest BCUT2D eigenvalue weighted by atomic mass is 11.2. The Morgan fingerprint density at radius 3 is 0.250 bits per heavy atom. The van der Waals surface area contributed by atoms with Gasteiger partial charge in [-0.3, -0.25) is 0 Å². The Morgan fingerprint density at radius 2 is 0.202 bits per heavy atom. The van der Waals surface area contributed by atoms with Gasteiger partial charge < -0.3 is 82.3 Å². The molecular formula is C48H72O20Si16. The van der Waals surface area contributed by atoms with Crippen molar-refractivity contribution in [2.24, 2.45) is 0 Å². The number of hydrogen-bond donors (Lipinski definition) is 0. The molecule has 0 saturated carbocycles. The molecular weight excluding hydrogens is 1350 g/mol. The Labute approximate surface area is 512 Å². The van der Waals surface area contributed by atoms with Crippen LogP contribution in [0.2, 0.25) is 0 Å². The topological polar surface area (TPSA) is 185 Å². The van der Waals surface area contributed by atoms with Crippen molar-refractivity contribution in [3.8, 4) is 0 Å². The molecule has 6 heterocycles. The van der Waals surface area contributed by atoms with Crippen LogP contribution in [0.3, 0.4) is 0 Å². The standard InChI is InChI=1S/C48H72O20Si16/c1-25-69(26-2,27-3)49-77-57-78(50-70(28-4,29-5)30-6)60-81(53-73(37-13,38-14)39-15)62-79(58-77,51-71(31-7,32-8)33-9)64-83(55-75(43-19,44-20)45-21)65-80(59-77,52-72(34-10,35-11)36-12)63-82(61-78,54-74(40-16,41-17)42-18)67-84(66-81,68-83)56-76(46-22,47-23)48-24/h25-48H,1-24H2. The van der Waals surface area contributed by atoms with Crippen molar-refractivity contribution < 1.29 is 82.3 Å². The summed E-state index contributed by atoms with van der Waals surface area (Å²) in [6.07, 6.45) is 0. The summed E-state index contributed by atoms with van der Waals surface area (Å²) in [5, 5.41) is 0. The molecule has 6 rings (SSSR count). The maximum atomic E-state index is 7.56. The van der Waals surface area contributed by atoms with Gasteiger partial charge in [-0.25, -0.2) is 0 Å². The van der Waals surface area contributed by atoms with Crippen LogP contribution in [-0.4, -0.2) is 139 Å². The van der Waals surface area contributed by atoms with Crippen LogP contribution < -0.4 is 0 Å². The van der Waals surface area contributed by atoms with Crippen LogP contribution in [0, 0.1) is 0 Å². The van der Waals surface area contributed by atoms with Gasteiger partial charge in [0.05, 0.1) is 0 Å². The van der Waals surface area contributed by atoms with E-state index in [2.05, 4.69) is 158 Å². The summed E-state index contributed by atoms with van der Waals surface area (Å²) >= 11 is 0. The highest BCUT2D eigenvalue weighted by Crippen LogP contribution is 2.54. The predicted octanol–water partition coefficient (Wildman–Crippen LogP) is 8.84. The molecule has 0 amide bonds. The highest BCUT2D eigenvalue weighted by Gasteiger charge is 2.93. The van der Waals surface area contributed by atoms with Crippen molar-refractivity contribution in [3.05, 3.63) is 295 Å². The molecule has 8 bridgehead atoms. The molecule has 0 N–H and O–H groups in total. The lowest BCUT2D eigenvalue weighted by Crippen LogP contribution is -2.93. The zero-order chi connectivity index (χ0) is 63.1. The minimum Gasteiger partial charge on any atom is -0.384 e. The summed E-state index contributed by atoms with van der Waals surface area (Å²) in [6, 6.07) is 0. The zero-order valence-corrected chi connectivity index (χ0v) is 63.0. The SMILES string of the molecule is C=C[Si](C=C)(C=C)O[Si]12O[Si]3(O[Si](C=C)(C=C)C=C)O[Si]4(O[Si](C=C)(C=C)C=C)O[Si](O[Si](C=C)(C=C)C=C)(O1)O[Si]1(O[Si](C=C)(C=C)C=C)O[Si](O[Si](C=C)(C=C)C=C)(O2)O[Si](O[Si](C=C)(C=C)C=C)(O3)O[Si](O[Si](C=C)(C=C)C=C)(O4)O1. The quantitative estimate of drug-likeness (QED) is 0.0530. The minimum atomic E-state index is -6.01. The van der Waals surface area contributed by atoms with Gasteiger partial charge in [-0.05, 0) is 0 Å². The van der Waals surface area contributed by atoms with Gasteiger partial charge in [0.2, 0.25) is 0 Å². The van der Waals surface area contributed by atoms with Gasteiger partial charge in [0.1, 0.15) is 0 Å². The Hall–Kier alpha value is -3.57. The first-order valence-electron chi connectivity index (χ1n) is 24.9. The van der Waals surface area contributed by atoms with Crippen molar-refractivity contribution in [3.63, 3.8) is 0 Å². The Balaban J connectivity index is 2.39. The monoisotopic (exact) mass is 1420 g/mol. The van der Waals surface area contributed by atoms with Crippen LogP contribution in [0.25, 0.3) is 0 Å². The van der Waals surface area contributed by atoms with E-state index in [9.17, 15) is 0 Å². The van der Waals surface area contributed by atoms with Gasteiger partial charge in [0.15, 0.2) is 0 Å². The third-order valence-electron chi connectivity index (χ3n) is 13.1. The van der Waals surface area contributed by atoms with Gasteiger partial charge in [-0.1, -0.05) is 137 Å². The highest BCUT2D eigenvalue weighted by atomic mass is 28.7. The molecule has 0 unspecified atom stereocenters. The molecule has 0 aliphatic carbocycles. The van der Waals surface area contributed by atoms with Gasteiger partial charge >= 0.3 is 72.4 Å². The van der Waals surface area contributed by atoms with Crippen LogP contribution in [0.1, 0.15) is 0 Å². The summed E-state index contributed by atoms with van der Waals surface area (Å²) in [6.45, 7) is 98.8. The molecule has 6 aliphatic rings. The van der Waals surface area contributed by atoms with Gasteiger partial charge in [-0.15, -0.1) is 158 Å². The molecule has 84 heavy (non-hydrogen) atoms. The van der Waals surface area contributed by atoms with Crippen LogP contribution in [0.4, 0.5) is 0 Å². The molecule has 36 heteroatoms. The van der Waals surface area contributed by atoms with E-state index in [0.717, 1.165) is 0 Å². The van der Waals surface area contributed by atoms with E-state index in [1.165, 1.54) is 137 Å². The number of hydrogen-bond acceptors (Lipinski definition) is 20. The Kier molecular flexibility index (Phi) is 22.2. The van der Waals surface area contributed by atoms with E-state index in [1.807, 2.05) is 0 Å². The van der Waals surface area contributed by atoms with E-state index in [-0.39, 0.29) is 0 Å². The predicted molar refractivity (Wildman–Crippen MR) is 358 cm³/mol. The molecule has 0 radical (unpaired) electrons. The maximum Gasteiger partial charge on any atom is 0.652 e. The van der Waals surface area contributed by atoms with E-state index < -0.39 is 139 Å². The van der Waals surface area contributed by atoms with Crippen molar-refractivity contribution in [1.82, 2.24) is 0 Å². The summed E-state index contributed by atoms with van der Waals surface area (Å²) in [4.78, 5) is 0. The second-order valence-electron chi connectivity index (χ2n) is 17.8. The normalized spacial score (nSPS) is 30.3. The average molecular weight is 1420 g/mol. The molecule has 6 aliphatic heterocycles. The third kappa shape index (κ3) is 13.2. The molecule has 20 nitrogen and oxygen atoms in total. The fourth-order valence-corrected chi connectivity index (χ4v) is 74.1. The van der Waals surface area contributed by atoms with E-state index in [4.69, 9.17) is 82.3 Å². The first kappa shape index (κ1) is 71.2. The smallest absolute Gasteiger partial charge is 0.384 e. The Morgan fingerprint density at radius 1 is 0.143 bits per heavy atom. The molecule has 0 atom stereocenters. The molecule has 448 valence electrons. The molecule has 0 aromatic rings. The van der Waals surface area contributed by atoms with Gasteiger partial charge in [0.25, 0.3) is 66.5 Å². The van der Waals surface area contributed by atoms with Crippen molar-refractivity contribution in [2.75, 3.05) is 0 Å². The maximum absolute atomic E-state index is 7.56. The fraction of sp³-hybridized carbons (Fsp3) is 0. The van der Waals surface area contributed by atoms with E-state index >= 15 is 0 Å². The second-order valence-corrected chi connectivity index (χ2v) is 65.6.